The quantitative estimate of drug-likeness (QED) is 0.541. The lowest BCUT2D eigenvalue weighted by Gasteiger charge is -2.19. The van der Waals surface area contributed by atoms with Crippen LogP contribution in [0.25, 0.3) is 0 Å². The normalized spacial score (nSPS) is 16.5. The minimum Gasteiger partial charge on any atom is -0.396 e. The van der Waals surface area contributed by atoms with Crippen LogP contribution in [0.15, 0.2) is 0 Å². The van der Waals surface area contributed by atoms with Crippen LogP contribution in [-0.4, -0.2) is 48.8 Å². The van der Waals surface area contributed by atoms with Gasteiger partial charge in [-0.25, -0.2) is 0 Å². The van der Waals surface area contributed by atoms with Crippen molar-refractivity contribution >= 4 is 0 Å². The lowest BCUT2D eigenvalue weighted by atomic mass is 10.3. The molecule has 0 bridgehead atoms. The van der Waals surface area contributed by atoms with Crippen LogP contribution < -0.4 is 5.32 Å². The van der Waals surface area contributed by atoms with Crippen molar-refractivity contribution in [3.8, 4) is 0 Å². The molecule has 1 fully saturated rings. The van der Waals surface area contributed by atoms with Crippen LogP contribution in [0.5, 0.6) is 0 Å². The van der Waals surface area contributed by atoms with Crippen LogP contribution in [0, 0.1) is 0 Å². The van der Waals surface area contributed by atoms with E-state index in [2.05, 4.69) is 17.1 Å². The number of nitrogens with zero attached hydrogens (tertiary/aromatic N) is 1. The van der Waals surface area contributed by atoms with Gasteiger partial charge in [0.1, 0.15) is 0 Å². The van der Waals surface area contributed by atoms with Gasteiger partial charge in [0.2, 0.25) is 0 Å². The Labute approximate surface area is 87.5 Å². The van der Waals surface area contributed by atoms with E-state index in [4.69, 9.17) is 5.11 Å². The molecule has 1 aliphatic carbocycles. The standard InChI is InChI=1S/C11H24N2O/c1-2-13(11-5-6-11)9-8-12-7-3-4-10-14/h11-12,14H,2-10H2,1H3. The Morgan fingerprint density at radius 3 is 2.64 bits per heavy atom. The lowest BCUT2D eigenvalue weighted by Crippen LogP contribution is -2.33. The first kappa shape index (κ1) is 12.0. The van der Waals surface area contributed by atoms with Gasteiger partial charge in [0.25, 0.3) is 0 Å². The average Bonchev–Trinajstić information content (AvgIpc) is 3.01. The summed E-state index contributed by atoms with van der Waals surface area (Å²) in [6.07, 6.45) is 4.82. The Balaban J connectivity index is 1.86. The lowest BCUT2D eigenvalue weighted by molar-refractivity contribution is 0.271. The van der Waals surface area contributed by atoms with Crippen molar-refractivity contribution in [3.05, 3.63) is 0 Å². The predicted octanol–water partition coefficient (Wildman–Crippen LogP) is 0.833. The Bertz CT molecular complexity index is 137. The summed E-state index contributed by atoms with van der Waals surface area (Å²) in [5.74, 6) is 0. The smallest absolute Gasteiger partial charge is 0.0431 e. The van der Waals surface area contributed by atoms with E-state index in [0.717, 1.165) is 32.0 Å². The van der Waals surface area contributed by atoms with E-state index >= 15 is 0 Å². The Hall–Kier alpha value is -0.120. The summed E-state index contributed by atoms with van der Waals surface area (Å²) in [5.41, 5.74) is 0. The highest BCUT2D eigenvalue weighted by atomic mass is 16.2. The molecule has 14 heavy (non-hydrogen) atoms. The summed E-state index contributed by atoms with van der Waals surface area (Å²) < 4.78 is 0. The van der Waals surface area contributed by atoms with Crippen LogP contribution in [0.1, 0.15) is 32.6 Å². The van der Waals surface area contributed by atoms with Crippen molar-refractivity contribution in [1.82, 2.24) is 10.2 Å². The molecule has 1 saturated carbocycles. The molecule has 0 saturated heterocycles. The third kappa shape index (κ3) is 4.94. The summed E-state index contributed by atoms with van der Waals surface area (Å²) in [5, 5.41) is 12.0. The maximum atomic E-state index is 8.59. The van der Waals surface area contributed by atoms with Gasteiger partial charge < -0.3 is 10.4 Å². The molecular formula is C11H24N2O. The van der Waals surface area contributed by atoms with Crippen LogP contribution in [0.4, 0.5) is 0 Å². The maximum absolute atomic E-state index is 8.59. The van der Waals surface area contributed by atoms with Crippen LogP contribution in [0.2, 0.25) is 0 Å². The van der Waals surface area contributed by atoms with Gasteiger partial charge in [-0.05, 0) is 38.8 Å². The van der Waals surface area contributed by atoms with Crippen LogP contribution >= 0.6 is 0 Å². The Morgan fingerprint density at radius 1 is 1.29 bits per heavy atom. The molecule has 1 aliphatic rings. The summed E-state index contributed by atoms with van der Waals surface area (Å²) in [6.45, 7) is 7.07. The first-order valence-corrected chi connectivity index (χ1v) is 5.94. The first-order valence-electron chi connectivity index (χ1n) is 5.94. The van der Waals surface area contributed by atoms with E-state index in [1.807, 2.05) is 0 Å². The number of aliphatic hydroxyl groups is 1. The Kier molecular flexibility index (Phi) is 6.15. The van der Waals surface area contributed by atoms with E-state index < -0.39 is 0 Å². The van der Waals surface area contributed by atoms with Crippen molar-refractivity contribution in [1.29, 1.82) is 0 Å². The monoisotopic (exact) mass is 200 g/mol. The number of unbranched alkanes of at least 4 members (excludes halogenated alkanes) is 1. The van der Waals surface area contributed by atoms with Gasteiger partial charge in [0, 0.05) is 25.7 Å². The summed E-state index contributed by atoms with van der Waals surface area (Å²) in [7, 11) is 0. The topological polar surface area (TPSA) is 35.5 Å². The highest BCUT2D eigenvalue weighted by Gasteiger charge is 2.26. The van der Waals surface area contributed by atoms with Crippen molar-refractivity contribution in [2.45, 2.75) is 38.6 Å². The number of hydrogen-bond acceptors (Lipinski definition) is 3. The number of likely N-dealkylation sites (N-methyl/N-ethyl adjacent to an activating group) is 1. The molecule has 0 heterocycles. The summed E-state index contributed by atoms with van der Waals surface area (Å²) in [4.78, 5) is 2.55. The minimum atomic E-state index is 0.324. The van der Waals surface area contributed by atoms with E-state index in [9.17, 15) is 0 Å². The van der Waals surface area contributed by atoms with Gasteiger partial charge in [-0.2, -0.15) is 0 Å². The predicted molar refractivity (Wildman–Crippen MR) is 59.5 cm³/mol. The fraction of sp³-hybridized carbons (Fsp3) is 1.00. The summed E-state index contributed by atoms with van der Waals surface area (Å²) in [6, 6.07) is 0.888. The van der Waals surface area contributed by atoms with Gasteiger partial charge in [-0.15, -0.1) is 0 Å². The van der Waals surface area contributed by atoms with Gasteiger partial charge in [-0.1, -0.05) is 6.92 Å². The van der Waals surface area contributed by atoms with Gasteiger partial charge in [0.05, 0.1) is 0 Å². The largest absolute Gasteiger partial charge is 0.396 e. The highest BCUT2D eigenvalue weighted by molar-refractivity contribution is 4.83. The average molecular weight is 200 g/mol. The van der Waals surface area contributed by atoms with Crippen molar-refractivity contribution in [3.63, 3.8) is 0 Å². The SMILES string of the molecule is CCN(CCNCCCCO)C1CC1. The molecule has 0 atom stereocenters. The zero-order chi connectivity index (χ0) is 10.2. The molecule has 3 heteroatoms. The molecule has 0 aromatic carbocycles. The Morgan fingerprint density at radius 2 is 2.07 bits per heavy atom. The molecule has 0 radical (unpaired) electrons. The second-order valence-corrected chi connectivity index (χ2v) is 4.04. The first-order chi connectivity index (χ1) is 6.88. The molecule has 2 N–H and O–H groups in total. The molecule has 3 nitrogen and oxygen atoms in total. The molecule has 0 unspecified atom stereocenters. The molecule has 0 aliphatic heterocycles. The number of hydrogen-bond donors (Lipinski definition) is 2. The second kappa shape index (κ2) is 7.21. The fourth-order valence-corrected chi connectivity index (χ4v) is 1.75. The molecular weight excluding hydrogens is 176 g/mol. The van der Waals surface area contributed by atoms with E-state index in [0.29, 0.717) is 6.61 Å². The second-order valence-electron chi connectivity index (χ2n) is 4.04. The van der Waals surface area contributed by atoms with E-state index in [1.54, 1.807) is 0 Å². The van der Waals surface area contributed by atoms with Gasteiger partial charge >= 0.3 is 0 Å². The van der Waals surface area contributed by atoms with Gasteiger partial charge in [0.15, 0.2) is 0 Å². The van der Waals surface area contributed by atoms with Crippen molar-refractivity contribution < 1.29 is 5.11 Å². The minimum absolute atomic E-state index is 0.324. The summed E-state index contributed by atoms with van der Waals surface area (Å²) >= 11 is 0. The fourth-order valence-electron chi connectivity index (χ4n) is 1.75. The molecule has 0 spiro atoms. The highest BCUT2D eigenvalue weighted by Crippen LogP contribution is 2.25. The molecule has 0 aromatic rings. The van der Waals surface area contributed by atoms with Crippen LogP contribution in [-0.2, 0) is 0 Å². The third-order valence-corrected chi connectivity index (χ3v) is 2.81. The molecule has 84 valence electrons. The number of nitrogens with one attached hydrogen (secondary N) is 1. The zero-order valence-electron chi connectivity index (χ0n) is 9.34. The zero-order valence-corrected chi connectivity index (χ0v) is 9.34. The van der Waals surface area contributed by atoms with E-state index in [-0.39, 0.29) is 0 Å². The van der Waals surface area contributed by atoms with Crippen molar-refractivity contribution in [2.24, 2.45) is 0 Å². The molecule has 0 aromatic heterocycles. The maximum Gasteiger partial charge on any atom is 0.0431 e. The van der Waals surface area contributed by atoms with Gasteiger partial charge in [-0.3, -0.25) is 4.90 Å². The van der Waals surface area contributed by atoms with Crippen molar-refractivity contribution in [2.75, 3.05) is 32.8 Å². The number of aliphatic hydroxyl groups excluding tert-OH is 1. The molecule has 1 rings (SSSR count). The molecule has 0 amide bonds. The van der Waals surface area contributed by atoms with Crippen LogP contribution in [0.3, 0.4) is 0 Å². The van der Waals surface area contributed by atoms with E-state index in [1.165, 1.54) is 25.9 Å². The third-order valence-electron chi connectivity index (χ3n) is 2.81. The number of rotatable bonds is 9.